The van der Waals surface area contributed by atoms with Gasteiger partial charge in [0, 0.05) is 12.8 Å². The van der Waals surface area contributed by atoms with Crippen LogP contribution >= 0.6 is 0 Å². The minimum atomic E-state index is -0.0259. The van der Waals surface area contributed by atoms with Crippen LogP contribution in [0.1, 0.15) is 246 Å². The summed E-state index contributed by atoms with van der Waals surface area (Å²) < 4.78 is 17.3. The zero-order valence-electron chi connectivity index (χ0n) is 39.3. The van der Waals surface area contributed by atoms with Crippen molar-refractivity contribution in [2.24, 2.45) is 23.7 Å². The second-order valence-electron chi connectivity index (χ2n) is 18.4. The van der Waals surface area contributed by atoms with Gasteiger partial charge in [-0.25, -0.2) is 0 Å². The first-order valence-electron chi connectivity index (χ1n) is 25.5. The van der Waals surface area contributed by atoms with Gasteiger partial charge in [0.15, 0.2) is 0 Å². The van der Waals surface area contributed by atoms with Crippen molar-refractivity contribution >= 4 is 17.9 Å². The Hall–Kier alpha value is -1.63. The van der Waals surface area contributed by atoms with Crippen molar-refractivity contribution in [1.29, 1.82) is 0 Å². The Kier molecular flexibility index (Phi) is 37.0. The second-order valence-corrected chi connectivity index (χ2v) is 18.4. The standard InChI is InChI=1S/C51H97NO6/c1-6-10-20-28-45(29-21-11-7-2)38-42-56-49(53)34-26-18-14-16-24-32-47(44-58-51(55)48-36-40-52(5)41-37-48)33-25-17-15-19-27-35-50(54)57-43-39-46(30-22-12-8-3)31-23-13-9-4/h45-48H,6-44H2,1-5H3. The Balaban J connectivity index is 2.32. The van der Waals surface area contributed by atoms with Gasteiger partial charge in [0.1, 0.15) is 0 Å². The van der Waals surface area contributed by atoms with Gasteiger partial charge in [-0.2, -0.15) is 0 Å². The molecular formula is C51H97NO6. The molecule has 0 N–H and O–H groups in total. The van der Waals surface area contributed by atoms with Crippen LogP contribution in [-0.2, 0) is 28.6 Å². The molecule has 1 rings (SSSR count). The molecule has 7 nitrogen and oxygen atoms in total. The number of rotatable bonds is 41. The molecule has 0 saturated carbocycles. The van der Waals surface area contributed by atoms with Crippen LogP contribution in [0, 0.1) is 23.7 Å². The summed E-state index contributed by atoms with van der Waals surface area (Å²) in [5.74, 6) is 1.80. The van der Waals surface area contributed by atoms with Crippen molar-refractivity contribution in [3.05, 3.63) is 0 Å². The topological polar surface area (TPSA) is 82.1 Å². The average Bonchev–Trinajstić information content (AvgIpc) is 3.21. The summed E-state index contributed by atoms with van der Waals surface area (Å²) in [6, 6.07) is 0. The highest BCUT2D eigenvalue weighted by Gasteiger charge is 2.25. The molecule has 0 aromatic heterocycles. The number of carbonyl (C=O) groups excluding carboxylic acids is 3. The molecule has 0 aromatic carbocycles. The highest BCUT2D eigenvalue weighted by atomic mass is 16.5. The van der Waals surface area contributed by atoms with E-state index in [1.807, 2.05) is 0 Å². The largest absolute Gasteiger partial charge is 0.466 e. The maximum Gasteiger partial charge on any atom is 0.309 e. The Morgan fingerprint density at radius 2 is 0.793 bits per heavy atom. The summed E-state index contributed by atoms with van der Waals surface area (Å²) in [6.45, 7) is 12.7. The van der Waals surface area contributed by atoms with Crippen molar-refractivity contribution in [2.75, 3.05) is 40.0 Å². The van der Waals surface area contributed by atoms with Crippen molar-refractivity contribution < 1.29 is 28.6 Å². The molecule has 0 atom stereocenters. The highest BCUT2D eigenvalue weighted by molar-refractivity contribution is 5.72. The number of carbonyl (C=O) groups is 3. The van der Waals surface area contributed by atoms with Gasteiger partial charge in [-0.1, -0.05) is 182 Å². The number of ether oxygens (including phenoxy) is 3. The fourth-order valence-electron chi connectivity index (χ4n) is 8.76. The Labute approximate surface area is 360 Å². The molecule has 342 valence electrons. The Morgan fingerprint density at radius 1 is 0.448 bits per heavy atom. The van der Waals surface area contributed by atoms with Gasteiger partial charge in [-0.3, -0.25) is 14.4 Å². The minimum absolute atomic E-state index is 0.00360. The number of hydrogen-bond acceptors (Lipinski definition) is 7. The smallest absolute Gasteiger partial charge is 0.309 e. The molecular weight excluding hydrogens is 723 g/mol. The number of hydrogen-bond donors (Lipinski definition) is 0. The number of esters is 3. The zero-order valence-corrected chi connectivity index (χ0v) is 39.3. The van der Waals surface area contributed by atoms with E-state index < -0.39 is 0 Å². The third-order valence-corrected chi connectivity index (χ3v) is 12.9. The van der Waals surface area contributed by atoms with Gasteiger partial charge in [-0.05, 0) is 89.3 Å². The zero-order chi connectivity index (χ0) is 42.3. The maximum atomic E-state index is 12.9. The molecule has 0 aromatic rings. The van der Waals surface area contributed by atoms with Crippen molar-refractivity contribution in [2.45, 2.75) is 246 Å². The summed E-state index contributed by atoms with van der Waals surface area (Å²) in [5, 5.41) is 0. The summed E-state index contributed by atoms with van der Waals surface area (Å²) in [5.41, 5.74) is 0. The van der Waals surface area contributed by atoms with E-state index in [0.717, 1.165) is 116 Å². The predicted molar refractivity (Wildman–Crippen MR) is 244 cm³/mol. The molecule has 1 aliphatic heterocycles. The molecule has 0 amide bonds. The molecule has 58 heavy (non-hydrogen) atoms. The average molecular weight is 820 g/mol. The molecule has 0 radical (unpaired) electrons. The van der Waals surface area contributed by atoms with Crippen LogP contribution in [0.15, 0.2) is 0 Å². The van der Waals surface area contributed by atoms with Crippen LogP contribution in [0.5, 0.6) is 0 Å². The Morgan fingerprint density at radius 3 is 1.19 bits per heavy atom. The first-order chi connectivity index (χ1) is 28.3. The first kappa shape index (κ1) is 54.4. The lowest BCUT2D eigenvalue weighted by atomic mass is 9.92. The first-order valence-corrected chi connectivity index (χ1v) is 25.5. The van der Waals surface area contributed by atoms with Crippen LogP contribution in [0.4, 0.5) is 0 Å². The number of piperidine rings is 1. The highest BCUT2D eigenvalue weighted by Crippen LogP contribution is 2.25. The fraction of sp³-hybridized carbons (Fsp3) is 0.941. The lowest BCUT2D eigenvalue weighted by molar-refractivity contribution is -0.151. The van der Waals surface area contributed by atoms with Crippen molar-refractivity contribution in [3.8, 4) is 0 Å². The van der Waals surface area contributed by atoms with E-state index in [1.165, 1.54) is 103 Å². The molecule has 1 heterocycles. The van der Waals surface area contributed by atoms with Gasteiger partial charge < -0.3 is 19.1 Å². The van der Waals surface area contributed by atoms with Crippen LogP contribution < -0.4 is 0 Å². The van der Waals surface area contributed by atoms with Gasteiger partial charge in [0.2, 0.25) is 0 Å². The lowest BCUT2D eigenvalue weighted by Gasteiger charge is -2.28. The molecule has 7 heteroatoms. The molecule has 1 fully saturated rings. The number of likely N-dealkylation sites (tertiary alicyclic amines) is 1. The quantitative estimate of drug-likeness (QED) is 0.0345. The SMILES string of the molecule is CCCCCC(CCCCC)CCOC(=O)CCCCCCCC(CCCCCCCC(=O)OCCC(CCCCC)CCCCC)COC(=O)C1CCN(C)CC1. The molecule has 0 aliphatic carbocycles. The van der Waals surface area contributed by atoms with E-state index in [9.17, 15) is 14.4 Å². The molecule has 1 saturated heterocycles. The molecule has 0 spiro atoms. The van der Waals surface area contributed by atoms with Crippen LogP contribution in [0.25, 0.3) is 0 Å². The van der Waals surface area contributed by atoms with E-state index in [0.29, 0.717) is 50.4 Å². The maximum absolute atomic E-state index is 12.9. The lowest BCUT2D eigenvalue weighted by Crippen LogP contribution is -2.34. The molecule has 1 aliphatic rings. The fourth-order valence-corrected chi connectivity index (χ4v) is 8.76. The van der Waals surface area contributed by atoms with Crippen LogP contribution in [-0.4, -0.2) is 62.8 Å². The van der Waals surface area contributed by atoms with Gasteiger partial charge in [-0.15, -0.1) is 0 Å². The summed E-state index contributed by atoms with van der Waals surface area (Å²) in [6.07, 6.45) is 38.4. The monoisotopic (exact) mass is 820 g/mol. The van der Waals surface area contributed by atoms with Gasteiger partial charge in [0.25, 0.3) is 0 Å². The van der Waals surface area contributed by atoms with Gasteiger partial charge >= 0.3 is 17.9 Å². The van der Waals surface area contributed by atoms with E-state index >= 15 is 0 Å². The van der Waals surface area contributed by atoms with E-state index in [-0.39, 0.29) is 23.8 Å². The number of unbranched alkanes of at least 4 members (excludes halogenated alkanes) is 16. The minimum Gasteiger partial charge on any atom is -0.466 e. The van der Waals surface area contributed by atoms with Crippen LogP contribution in [0.3, 0.4) is 0 Å². The second kappa shape index (κ2) is 39.5. The third kappa shape index (κ3) is 32.2. The molecule has 0 bridgehead atoms. The van der Waals surface area contributed by atoms with E-state index in [4.69, 9.17) is 14.2 Å². The summed E-state index contributed by atoms with van der Waals surface area (Å²) >= 11 is 0. The number of nitrogens with zero attached hydrogens (tertiary/aromatic N) is 1. The summed E-state index contributed by atoms with van der Waals surface area (Å²) in [7, 11) is 2.12. The van der Waals surface area contributed by atoms with Crippen molar-refractivity contribution in [3.63, 3.8) is 0 Å². The third-order valence-electron chi connectivity index (χ3n) is 12.9. The normalized spacial score (nSPS) is 13.9. The van der Waals surface area contributed by atoms with Crippen LogP contribution in [0.2, 0.25) is 0 Å². The molecule has 0 unspecified atom stereocenters. The van der Waals surface area contributed by atoms with E-state index in [1.54, 1.807) is 0 Å². The van der Waals surface area contributed by atoms with Crippen molar-refractivity contribution in [1.82, 2.24) is 4.90 Å². The van der Waals surface area contributed by atoms with E-state index in [2.05, 4.69) is 39.6 Å². The predicted octanol–water partition coefficient (Wildman–Crippen LogP) is 14.4. The Bertz CT molecular complexity index is 873. The van der Waals surface area contributed by atoms with Gasteiger partial charge in [0.05, 0.1) is 25.7 Å². The summed E-state index contributed by atoms with van der Waals surface area (Å²) in [4.78, 5) is 40.1.